The first-order valence-electron chi connectivity index (χ1n) is 7.99. The average Bonchev–Trinajstić information content (AvgIpc) is 3.05. The predicted octanol–water partition coefficient (Wildman–Crippen LogP) is 2.97. The summed E-state index contributed by atoms with van der Waals surface area (Å²) in [5.41, 5.74) is 1.69. The molecule has 1 aliphatic carbocycles. The van der Waals surface area contributed by atoms with Crippen molar-refractivity contribution >= 4 is 28.4 Å². The molecule has 0 aliphatic heterocycles. The summed E-state index contributed by atoms with van der Waals surface area (Å²) in [6.45, 7) is 3.48. The predicted molar refractivity (Wildman–Crippen MR) is 91.0 cm³/mol. The van der Waals surface area contributed by atoms with Crippen LogP contribution in [0.2, 0.25) is 0 Å². The van der Waals surface area contributed by atoms with Crippen LogP contribution in [0.1, 0.15) is 25.7 Å². The molecule has 1 aromatic carbocycles. The molecule has 2 atom stereocenters. The molecule has 1 fully saturated rings. The molecule has 1 saturated carbocycles. The fourth-order valence-corrected chi connectivity index (χ4v) is 3.27. The van der Waals surface area contributed by atoms with Crippen molar-refractivity contribution in [1.82, 2.24) is 10.3 Å². The topological polar surface area (TPSA) is 74.0 Å². The fourth-order valence-electron chi connectivity index (χ4n) is 3.27. The van der Waals surface area contributed by atoms with E-state index < -0.39 is 0 Å². The molecule has 0 spiro atoms. The number of aromatic nitrogens is 1. The van der Waals surface area contributed by atoms with Gasteiger partial charge in [0.05, 0.1) is 17.1 Å². The number of aromatic amines is 1. The van der Waals surface area contributed by atoms with Crippen LogP contribution in [0.4, 0.5) is 5.69 Å². The van der Waals surface area contributed by atoms with Gasteiger partial charge in [0.15, 0.2) is 0 Å². The van der Waals surface area contributed by atoms with Crippen molar-refractivity contribution in [2.45, 2.75) is 31.7 Å². The van der Waals surface area contributed by atoms with Crippen LogP contribution in [0.5, 0.6) is 0 Å². The first kappa shape index (κ1) is 15.3. The van der Waals surface area contributed by atoms with E-state index in [0.717, 1.165) is 42.3 Å². The van der Waals surface area contributed by atoms with E-state index in [1.165, 1.54) is 6.08 Å². The minimum Gasteiger partial charge on any atom is -0.359 e. The number of carbonyl (C=O) groups is 2. The normalized spacial score (nSPS) is 20.9. The van der Waals surface area contributed by atoms with Crippen LogP contribution >= 0.6 is 0 Å². The highest BCUT2D eigenvalue weighted by atomic mass is 16.2. The summed E-state index contributed by atoms with van der Waals surface area (Å²) in [6.07, 6.45) is 6.75. The molecule has 5 nitrogen and oxygen atoms in total. The molecule has 23 heavy (non-hydrogen) atoms. The van der Waals surface area contributed by atoms with E-state index in [-0.39, 0.29) is 23.8 Å². The van der Waals surface area contributed by atoms with Crippen molar-refractivity contribution in [2.24, 2.45) is 5.92 Å². The van der Waals surface area contributed by atoms with E-state index in [9.17, 15) is 9.59 Å². The molecule has 120 valence electrons. The standard InChI is InChI=1S/C18H21N3O2/c1-2-16(22)20-14-8-4-3-7-13(14)18(23)21-15-9-5-6-12-10-11-19-17(12)15/h2,5-6,9-11,13-14,19H,1,3-4,7-8H2,(H,20,22)(H,21,23)/t13-,14+/m0/s1. The summed E-state index contributed by atoms with van der Waals surface area (Å²) < 4.78 is 0. The second-order valence-electron chi connectivity index (χ2n) is 5.95. The van der Waals surface area contributed by atoms with E-state index in [1.807, 2.05) is 30.5 Å². The minimum absolute atomic E-state index is 0.0406. The van der Waals surface area contributed by atoms with Crippen molar-refractivity contribution < 1.29 is 9.59 Å². The lowest BCUT2D eigenvalue weighted by Gasteiger charge is -2.31. The second-order valence-corrected chi connectivity index (χ2v) is 5.95. The van der Waals surface area contributed by atoms with Gasteiger partial charge in [-0.05, 0) is 31.1 Å². The number of hydrogen-bond donors (Lipinski definition) is 3. The number of H-pyrrole nitrogens is 1. The zero-order valence-corrected chi connectivity index (χ0v) is 13.0. The van der Waals surface area contributed by atoms with Crippen LogP contribution in [0, 0.1) is 5.92 Å². The molecule has 5 heteroatoms. The first-order chi connectivity index (χ1) is 11.2. The van der Waals surface area contributed by atoms with Gasteiger partial charge in [-0.15, -0.1) is 0 Å². The highest BCUT2D eigenvalue weighted by molar-refractivity contribution is 6.01. The quantitative estimate of drug-likeness (QED) is 0.759. The Labute approximate surface area is 135 Å². The van der Waals surface area contributed by atoms with Gasteiger partial charge in [0.1, 0.15) is 0 Å². The number of anilines is 1. The summed E-state index contributed by atoms with van der Waals surface area (Å²) in [5, 5.41) is 6.96. The first-order valence-corrected chi connectivity index (χ1v) is 7.99. The molecule has 3 rings (SSSR count). The van der Waals surface area contributed by atoms with E-state index in [4.69, 9.17) is 0 Å². The maximum atomic E-state index is 12.7. The fraction of sp³-hybridized carbons (Fsp3) is 0.333. The summed E-state index contributed by atoms with van der Waals surface area (Å²) in [6, 6.07) is 7.64. The number of para-hydroxylation sites is 1. The molecule has 0 saturated heterocycles. The molecule has 2 amide bonds. The van der Waals surface area contributed by atoms with Crippen LogP contribution in [0.15, 0.2) is 43.1 Å². The van der Waals surface area contributed by atoms with Gasteiger partial charge in [-0.25, -0.2) is 0 Å². The number of fused-ring (bicyclic) bond motifs is 1. The Balaban J connectivity index is 1.76. The largest absolute Gasteiger partial charge is 0.359 e. The van der Waals surface area contributed by atoms with Crippen LogP contribution < -0.4 is 10.6 Å². The van der Waals surface area contributed by atoms with Gasteiger partial charge in [-0.2, -0.15) is 0 Å². The van der Waals surface area contributed by atoms with E-state index >= 15 is 0 Å². The average molecular weight is 311 g/mol. The van der Waals surface area contributed by atoms with Gasteiger partial charge in [0.25, 0.3) is 0 Å². The van der Waals surface area contributed by atoms with Crippen LogP contribution in [0.25, 0.3) is 10.9 Å². The number of benzene rings is 1. The molecule has 0 unspecified atom stereocenters. The number of rotatable bonds is 4. The van der Waals surface area contributed by atoms with Crippen LogP contribution in [-0.2, 0) is 9.59 Å². The van der Waals surface area contributed by atoms with Gasteiger partial charge in [-0.1, -0.05) is 31.6 Å². The number of hydrogen-bond acceptors (Lipinski definition) is 2. The van der Waals surface area contributed by atoms with Crippen LogP contribution in [0.3, 0.4) is 0 Å². The summed E-state index contributed by atoms with van der Waals surface area (Å²) >= 11 is 0. The Hall–Kier alpha value is -2.56. The Morgan fingerprint density at radius 1 is 1.22 bits per heavy atom. The van der Waals surface area contributed by atoms with E-state index in [2.05, 4.69) is 22.2 Å². The highest BCUT2D eigenvalue weighted by Gasteiger charge is 2.31. The molecule has 3 N–H and O–H groups in total. The van der Waals surface area contributed by atoms with Crippen molar-refractivity contribution in [3.63, 3.8) is 0 Å². The Morgan fingerprint density at radius 2 is 2.04 bits per heavy atom. The van der Waals surface area contributed by atoms with E-state index in [0.29, 0.717) is 0 Å². The van der Waals surface area contributed by atoms with Gasteiger partial charge < -0.3 is 15.6 Å². The zero-order valence-electron chi connectivity index (χ0n) is 13.0. The molecular formula is C18H21N3O2. The zero-order chi connectivity index (χ0) is 16.2. The number of carbonyl (C=O) groups excluding carboxylic acids is 2. The van der Waals surface area contributed by atoms with Gasteiger partial charge in [-0.3, -0.25) is 9.59 Å². The summed E-state index contributed by atoms with van der Waals surface area (Å²) in [5.74, 6) is -0.472. The SMILES string of the molecule is C=CC(=O)N[C@@H]1CCCC[C@@H]1C(=O)Nc1cccc2cc[nH]c12. The lowest BCUT2D eigenvalue weighted by molar-refractivity contribution is -0.123. The van der Waals surface area contributed by atoms with Gasteiger partial charge in [0.2, 0.25) is 11.8 Å². The maximum absolute atomic E-state index is 12.7. The molecule has 0 bridgehead atoms. The van der Waals surface area contributed by atoms with Crippen molar-refractivity contribution in [3.05, 3.63) is 43.1 Å². The van der Waals surface area contributed by atoms with Gasteiger partial charge >= 0.3 is 0 Å². The minimum atomic E-state index is -0.221. The molecule has 1 heterocycles. The third kappa shape index (κ3) is 3.28. The molecular weight excluding hydrogens is 290 g/mol. The lowest BCUT2D eigenvalue weighted by Crippen LogP contribution is -2.46. The lowest BCUT2D eigenvalue weighted by atomic mass is 9.83. The number of nitrogens with one attached hydrogen (secondary N) is 3. The van der Waals surface area contributed by atoms with E-state index in [1.54, 1.807) is 0 Å². The summed E-state index contributed by atoms with van der Waals surface area (Å²) in [7, 11) is 0. The monoisotopic (exact) mass is 311 g/mol. The Kier molecular flexibility index (Phi) is 4.46. The van der Waals surface area contributed by atoms with Crippen molar-refractivity contribution in [3.8, 4) is 0 Å². The second kappa shape index (κ2) is 6.69. The maximum Gasteiger partial charge on any atom is 0.243 e. The van der Waals surface area contributed by atoms with Crippen molar-refractivity contribution in [1.29, 1.82) is 0 Å². The Morgan fingerprint density at radius 3 is 2.87 bits per heavy atom. The van der Waals surface area contributed by atoms with Gasteiger partial charge in [0, 0.05) is 17.6 Å². The Bertz CT molecular complexity index is 735. The third-order valence-electron chi connectivity index (χ3n) is 4.46. The molecule has 2 aromatic rings. The third-order valence-corrected chi connectivity index (χ3v) is 4.46. The summed E-state index contributed by atoms with van der Waals surface area (Å²) in [4.78, 5) is 27.4. The van der Waals surface area contributed by atoms with Crippen molar-refractivity contribution in [2.75, 3.05) is 5.32 Å². The van der Waals surface area contributed by atoms with Crippen LogP contribution in [-0.4, -0.2) is 22.8 Å². The smallest absolute Gasteiger partial charge is 0.243 e. The highest BCUT2D eigenvalue weighted by Crippen LogP contribution is 2.27. The molecule has 1 aromatic heterocycles. The molecule has 1 aliphatic rings. The number of amides is 2. The molecule has 0 radical (unpaired) electrons.